The number of aryl methyl sites for hydroxylation is 1. The van der Waals surface area contributed by atoms with Gasteiger partial charge in [-0.05, 0) is 37.1 Å². The van der Waals surface area contributed by atoms with Gasteiger partial charge < -0.3 is 10.1 Å². The maximum Gasteiger partial charge on any atom is 0.131 e. The summed E-state index contributed by atoms with van der Waals surface area (Å²) < 4.78 is 19.3. The summed E-state index contributed by atoms with van der Waals surface area (Å²) in [5, 5.41) is 3.32. The van der Waals surface area contributed by atoms with E-state index in [4.69, 9.17) is 4.74 Å². The van der Waals surface area contributed by atoms with Gasteiger partial charge in [-0.25, -0.2) is 4.39 Å². The Balaban J connectivity index is 2.14. The molecule has 0 aliphatic heterocycles. The second-order valence-electron chi connectivity index (χ2n) is 4.92. The molecule has 1 unspecified atom stereocenters. The molecule has 1 N–H and O–H groups in total. The van der Waals surface area contributed by atoms with Gasteiger partial charge in [0.1, 0.15) is 11.6 Å². The lowest BCUT2D eigenvalue weighted by molar-refractivity contribution is 0.393. The summed E-state index contributed by atoms with van der Waals surface area (Å²) in [5.41, 5.74) is 2.76. The summed E-state index contributed by atoms with van der Waals surface area (Å²) in [5.74, 6) is 0.304. The van der Waals surface area contributed by atoms with E-state index >= 15 is 0 Å². The fraction of sp³-hybridized carbons (Fsp3) is 0.353. The van der Waals surface area contributed by atoms with Crippen LogP contribution in [0.3, 0.4) is 0 Å². The lowest BCUT2D eigenvalue weighted by atomic mass is 10.1. The van der Waals surface area contributed by atoms with Crippen molar-refractivity contribution in [2.75, 3.05) is 7.11 Å². The predicted molar refractivity (Wildman–Crippen MR) is 81.8 cm³/mol. The molecule has 0 amide bonds. The Hall–Kier alpha value is -1.94. The molecule has 2 aromatic rings. The van der Waals surface area contributed by atoms with Crippen molar-refractivity contribution in [3.05, 3.63) is 59.2 Å². The van der Waals surface area contributed by atoms with Crippen LogP contribution in [0.15, 0.2) is 36.5 Å². The maximum absolute atomic E-state index is 14.0. The number of ether oxygens (including phenoxy) is 1. The van der Waals surface area contributed by atoms with Crippen molar-refractivity contribution in [3.63, 3.8) is 0 Å². The van der Waals surface area contributed by atoms with E-state index in [2.05, 4.69) is 23.3 Å². The molecule has 112 valence electrons. The molecule has 0 saturated carbocycles. The largest absolute Gasteiger partial charge is 0.496 e. The van der Waals surface area contributed by atoms with Gasteiger partial charge in [0.15, 0.2) is 0 Å². The molecule has 0 fully saturated rings. The van der Waals surface area contributed by atoms with Crippen LogP contribution in [0.2, 0.25) is 0 Å². The molecule has 0 aliphatic carbocycles. The van der Waals surface area contributed by atoms with Crippen LogP contribution < -0.4 is 10.1 Å². The number of halogens is 1. The number of rotatable bonds is 6. The van der Waals surface area contributed by atoms with Crippen LogP contribution in [0.25, 0.3) is 0 Å². The summed E-state index contributed by atoms with van der Waals surface area (Å²) in [6.07, 6.45) is 2.72. The van der Waals surface area contributed by atoms with Crippen LogP contribution in [-0.2, 0) is 13.0 Å². The average molecular weight is 288 g/mol. The van der Waals surface area contributed by atoms with Gasteiger partial charge in [0.25, 0.3) is 0 Å². The zero-order valence-corrected chi connectivity index (χ0v) is 12.7. The van der Waals surface area contributed by atoms with Gasteiger partial charge in [-0.1, -0.05) is 19.1 Å². The van der Waals surface area contributed by atoms with Crippen molar-refractivity contribution in [2.45, 2.75) is 32.9 Å². The van der Waals surface area contributed by atoms with E-state index in [0.717, 1.165) is 12.1 Å². The van der Waals surface area contributed by atoms with Crippen LogP contribution in [-0.4, -0.2) is 12.1 Å². The van der Waals surface area contributed by atoms with Crippen molar-refractivity contribution < 1.29 is 9.13 Å². The van der Waals surface area contributed by atoms with Gasteiger partial charge in [-0.2, -0.15) is 0 Å². The van der Waals surface area contributed by atoms with Crippen molar-refractivity contribution in [1.29, 1.82) is 0 Å². The quantitative estimate of drug-likeness (QED) is 0.881. The van der Waals surface area contributed by atoms with Crippen LogP contribution in [0.1, 0.15) is 36.7 Å². The third-order valence-corrected chi connectivity index (χ3v) is 3.61. The fourth-order valence-corrected chi connectivity index (χ4v) is 2.42. The zero-order valence-electron chi connectivity index (χ0n) is 12.7. The molecule has 1 aromatic heterocycles. The summed E-state index contributed by atoms with van der Waals surface area (Å²) >= 11 is 0. The first kappa shape index (κ1) is 15.4. The SMILES string of the molecule is CCc1cccnc1CNC(C)c1c(F)cccc1OC. The zero-order chi connectivity index (χ0) is 15.2. The van der Waals surface area contributed by atoms with Crippen LogP contribution in [0, 0.1) is 5.82 Å². The molecule has 1 atom stereocenters. The lowest BCUT2D eigenvalue weighted by Crippen LogP contribution is -2.21. The van der Waals surface area contributed by atoms with Gasteiger partial charge >= 0.3 is 0 Å². The Labute approximate surface area is 125 Å². The third kappa shape index (κ3) is 3.58. The molecule has 0 radical (unpaired) electrons. The van der Waals surface area contributed by atoms with E-state index in [0.29, 0.717) is 17.9 Å². The predicted octanol–water partition coefficient (Wildman–Crippen LogP) is 3.64. The van der Waals surface area contributed by atoms with E-state index in [1.807, 2.05) is 13.0 Å². The minimum atomic E-state index is -0.258. The standard InChI is InChI=1S/C17H21FN2O/c1-4-13-7-6-10-19-15(13)11-20-12(2)17-14(18)8-5-9-16(17)21-3/h5-10,12,20H,4,11H2,1-3H3. The van der Waals surface area contributed by atoms with E-state index in [1.54, 1.807) is 25.4 Å². The Kier molecular flexibility index (Phi) is 5.28. The van der Waals surface area contributed by atoms with E-state index < -0.39 is 0 Å². The minimum Gasteiger partial charge on any atom is -0.496 e. The number of nitrogens with one attached hydrogen (secondary N) is 1. The second kappa shape index (κ2) is 7.18. The van der Waals surface area contributed by atoms with Crippen molar-refractivity contribution in [1.82, 2.24) is 10.3 Å². The molecular formula is C17H21FN2O. The average Bonchev–Trinajstić information content (AvgIpc) is 2.52. The first-order valence-corrected chi connectivity index (χ1v) is 7.15. The Bertz CT molecular complexity index is 601. The molecule has 0 spiro atoms. The van der Waals surface area contributed by atoms with E-state index in [-0.39, 0.29) is 11.9 Å². The highest BCUT2D eigenvalue weighted by atomic mass is 19.1. The maximum atomic E-state index is 14.0. The van der Waals surface area contributed by atoms with Crippen molar-refractivity contribution >= 4 is 0 Å². The number of hydrogen-bond donors (Lipinski definition) is 1. The molecule has 2 rings (SSSR count). The van der Waals surface area contributed by atoms with Crippen molar-refractivity contribution in [2.24, 2.45) is 0 Å². The van der Waals surface area contributed by atoms with Crippen LogP contribution >= 0.6 is 0 Å². The summed E-state index contributed by atoms with van der Waals surface area (Å²) in [6.45, 7) is 4.63. The van der Waals surface area contributed by atoms with Gasteiger partial charge in [-0.15, -0.1) is 0 Å². The number of pyridine rings is 1. The number of methoxy groups -OCH3 is 1. The molecule has 1 heterocycles. The highest BCUT2D eigenvalue weighted by Crippen LogP contribution is 2.27. The fourth-order valence-electron chi connectivity index (χ4n) is 2.42. The molecule has 21 heavy (non-hydrogen) atoms. The molecular weight excluding hydrogens is 267 g/mol. The second-order valence-corrected chi connectivity index (χ2v) is 4.92. The van der Waals surface area contributed by atoms with E-state index in [1.165, 1.54) is 11.6 Å². The molecule has 1 aromatic carbocycles. The first-order chi connectivity index (χ1) is 10.2. The summed E-state index contributed by atoms with van der Waals surface area (Å²) in [7, 11) is 1.55. The first-order valence-electron chi connectivity index (χ1n) is 7.15. The molecule has 4 heteroatoms. The van der Waals surface area contributed by atoms with Crippen LogP contribution in [0.4, 0.5) is 4.39 Å². The number of hydrogen-bond acceptors (Lipinski definition) is 3. The molecule has 0 saturated heterocycles. The van der Waals surface area contributed by atoms with E-state index in [9.17, 15) is 4.39 Å². The highest BCUT2D eigenvalue weighted by molar-refractivity contribution is 5.37. The Morgan fingerprint density at radius 3 is 2.81 bits per heavy atom. The van der Waals surface area contributed by atoms with Crippen molar-refractivity contribution in [3.8, 4) is 5.75 Å². The lowest BCUT2D eigenvalue weighted by Gasteiger charge is -2.18. The number of benzene rings is 1. The van der Waals surface area contributed by atoms with Gasteiger partial charge in [-0.3, -0.25) is 4.98 Å². The van der Waals surface area contributed by atoms with Crippen LogP contribution in [0.5, 0.6) is 5.75 Å². The molecule has 3 nitrogen and oxygen atoms in total. The topological polar surface area (TPSA) is 34.2 Å². The summed E-state index contributed by atoms with van der Waals surface area (Å²) in [6, 6.07) is 8.72. The minimum absolute atomic E-state index is 0.159. The van der Waals surface area contributed by atoms with Gasteiger partial charge in [0.05, 0.1) is 12.8 Å². The Morgan fingerprint density at radius 2 is 2.10 bits per heavy atom. The van der Waals surface area contributed by atoms with Gasteiger partial charge in [0, 0.05) is 24.3 Å². The number of nitrogens with zero attached hydrogens (tertiary/aromatic N) is 1. The number of aromatic nitrogens is 1. The highest BCUT2D eigenvalue weighted by Gasteiger charge is 2.16. The normalized spacial score (nSPS) is 12.2. The van der Waals surface area contributed by atoms with Gasteiger partial charge in [0.2, 0.25) is 0 Å². The Morgan fingerprint density at radius 1 is 1.29 bits per heavy atom. The molecule has 0 bridgehead atoms. The smallest absolute Gasteiger partial charge is 0.131 e. The summed E-state index contributed by atoms with van der Waals surface area (Å²) in [4.78, 5) is 4.39. The monoisotopic (exact) mass is 288 g/mol. The third-order valence-electron chi connectivity index (χ3n) is 3.61. The molecule has 0 aliphatic rings.